The maximum atomic E-state index is 13.8. The van der Waals surface area contributed by atoms with Crippen LogP contribution in [-0.4, -0.2) is 24.0 Å². The van der Waals surface area contributed by atoms with Crippen LogP contribution in [0.25, 0.3) is 6.08 Å². The summed E-state index contributed by atoms with van der Waals surface area (Å²) in [5, 5.41) is 9.05. The van der Waals surface area contributed by atoms with Crippen LogP contribution in [0, 0.1) is 5.82 Å². The molecule has 0 unspecified atom stereocenters. The average molecular weight is 329 g/mol. The second kappa shape index (κ2) is 5.89. The van der Waals surface area contributed by atoms with Crippen molar-refractivity contribution < 1.29 is 19.1 Å². The number of halogens is 1. The molecule has 2 aromatic carbocycles. The van der Waals surface area contributed by atoms with Crippen LogP contribution in [0.5, 0.6) is 0 Å². The smallest absolute Gasteiger partial charge is 0.335 e. The van der Waals surface area contributed by atoms with Crippen LogP contribution < -0.4 is 4.90 Å². The van der Waals surface area contributed by atoms with Gasteiger partial charge in [-0.05, 0) is 30.3 Å². The zero-order valence-electron chi connectivity index (χ0n) is 12.1. The molecule has 0 saturated heterocycles. The molecule has 0 bridgehead atoms. The van der Waals surface area contributed by atoms with Crippen LogP contribution in [0.1, 0.15) is 15.9 Å². The van der Waals surface area contributed by atoms with Crippen LogP contribution in [0.2, 0.25) is 0 Å². The Kier molecular flexibility index (Phi) is 3.92. The predicted octanol–water partition coefficient (Wildman–Crippen LogP) is 3.63. The predicted molar refractivity (Wildman–Crippen MR) is 87.0 cm³/mol. The second-order valence-electron chi connectivity index (χ2n) is 4.98. The third-order valence-electron chi connectivity index (χ3n) is 3.49. The number of aromatic carboxylic acids is 1. The molecule has 116 valence electrons. The van der Waals surface area contributed by atoms with E-state index in [1.54, 1.807) is 31.3 Å². The van der Waals surface area contributed by atoms with Gasteiger partial charge < -0.3 is 10.0 Å². The number of likely N-dealkylation sites (N-methyl/N-ethyl adjacent to an activating group) is 1. The van der Waals surface area contributed by atoms with E-state index in [-0.39, 0.29) is 11.5 Å². The minimum atomic E-state index is -1.05. The van der Waals surface area contributed by atoms with E-state index in [9.17, 15) is 14.0 Å². The van der Waals surface area contributed by atoms with Gasteiger partial charge in [0.05, 0.1) is 16.2 Å². The maximum Gasteiger partial charge on any atom is 0.335 e. The van der Waals surface area contributed by atoms with Crippen LogP contribution in [0.15, 0.2) is 52.3 Å². The highest BCUT2D eigenvalue weighted by Gasteiger charge is 2.27. The summed E-state index contributed by atoms with van der Waals surface area (Å²) < 4.78 is 13.8. The molecule has 1 heterocycles. The number of carbonyl (C=O) groups is 2. The summed E-state index contributed by atoms with van der Waals surface area (Å²) in [7, 11) is 1.57. The van der Waals surface area contributed by atoms with Gasteiger partial charge in [0.25, 0.3) is 5.91 Å². The summed E-state index contributed by atoms with van der Waals surface area (Å²) in [5.74, 6) is -1.75. The van der Waals surface area contributed by atoms with Gasteiger partial charge in [-0.25, -0.2) is 9.18 Å². The second-order valence-corrected chi connectivity index (χ2v) is 6.07. The first-order valence-corrected chi connectivity index (χ1v) is 7.58. The molecule has 4 nitrogen and oxygen atoms in total. The molecule has 23 heavy (non-hydrogen) atoms. The molecule has 0 aromatic heterocycles. The number of hydrogen-bond donors (Lipinski definition) is 1. The summed E-state index contributed by atoms with van der Waals surface area (Å²) in [6.07, 6.45) is 1.51. The molecule has 0 atom stereocenters. The molecular weight excluding hydrogens is 317 g/mol. The van der Waals surface area contributed by atoms with Crippen LogP contribution in [-0.2, 0) is 4.79 Å². The number of carbonyl (C=O) groups excluding carboxylic acids is 1. The fourth-order valence-electron chi connectivity index (χ4n) is 2.26. The Morgan fingerprint density at radius 2 is 2.00 bits per heavy atom. The van der Waals surface area contributed by atoms with Gasteiger partial charge in [-0.3, -0.25) is 4.79 Å². The van der Waals surface area contributed by atoms with Crippen molar-refractivity contribution in [1.29, 1.82) is 0 Å². The van der Waals surface area contributed by atoms with Crippen molar-refractivity contribution in [3.8, 4) is 0 Å². The monoisotopic (exact) mass is 329 g/mol. The number of carboxylic acids is 1. The zero-order chi connectivity index (χ0) is 16.6. The van der Waals surface area contributed by atoms with Crippen molar-refractivity contribution in [3.63, 3.8) is 0 Å². The molecule has 6 heteroatoms. The lowest BCUT2D eigenvalue weighted by Crippen LogP contribution is -2.30. The molecule has 1 aliphatic rings. The molecule has 0 saturated carbocycles. The van der Waals surface area contributed by atoms with Gasteiger partial charge in [-0.1, -0.05) is 30.0 Å². The summed E-state index contributed by atoms with van der Waals surface area (Å²) in [6.45, 7) is 0. The lowest BCUT2D eigenvalue weighted by molar-refractivity contribution is -0.114. The minimum absolute atomic E-state index is 0.116. The van der Waals surface area contributed by atoms with Crippen molar-refractivity contribution in [2.24, 2.45) is 0 Å². The fraction of sp³-hybridized carbons (Fsp3) is 0.0588. The Balaban J connectivity index is 2.04. The Labute approximate surface area is 136 Å². The van der Waals surface area contributed by atoms with E-state index in [0.29, 0.717) is 16.2 Å². The van der Waals surface area contributed by atoms with Gasteiger partial charge in [0.1, 0.15) is 5.82 Å². The van der Waals surface area contributed by atoms with Crippen molar-refractivity contribution in [3.05, 3.63) is 64.3 Å². The van der Waals surface area contributed by atoms with E-state index in [2.05, 4.69) is 0 Å². The Bertz CT molecular complexity index is 847. The van der Waals surface area contributed by atoms with Crippen molar-refractivity contribution in [2.75, 3.05) is 11.9 Å². The van der Waals surface area contributed by atoms with Crippen molar-refractivity contribution in [2.45, 2.75) is 4.90 Å². The highest BCUT2D eigenvalue weighted by atomic mass is 32.2. The number of carboxylic acid groups (broad SMARTS) is 1. The number of anilines is 1. The molecular formula is C17H12FNO3S. The zero-order valence-corrected chi connectivity index (χ0v) is 12.9. The van der Waals surface area contributed by atoms with Gasteiger partial charge in [-0.15, -0.1) is 0 Å². The third-order valence-corrected chi connectivity index (χ3v) is 4.57. The normalized spacial score (nSPS) is 15.7. The summed E-state index contributed by atoms with van der Waals surface area (Å²) >= 11 is 1.20. The van der Waals surface area contributed by atoms with Crippen molar-refractivity contribution >= 4 is 35.4 Å². The van der Waals surface area contributed by atoms with Crippen LogP contribution in [0.4, 0.5) is 10.1 Å². The van der Waals surface area contributed by atoms with E-state index < -0.39 is 11.8 Å². The van der Waals surface area contributed by atoms with E-state index >= 15 is 0 Å². The number of benzene rings is 2. The third kappa shape index (κ3) is 2.85. The Hall–Kier alpha value is -2.60. The Morgan fingerprint density at radius 1 is 1.26 bits per heavy atom. The molecule has 1 N–H and O–H groups in total. The van der Waals surface area contributed by atoms with E-state index in [1.165, 1.54) is 40.9 Å². The first-order chi connectivity index (χ1) is 11.0. The van der Waals surface area contributed by atoms with Crippen molar-refractivity contribution in [1.82, 2.24) is 0 Å². The molecule has 0 radical (unpaired) electrons. The van der Waals surface area contributed by atoms with Gasteiger partial charge in [0.2, 0.25) is 0 Å². The first kappa shape index (κ1) is 15.3. The molecule has 1 aliphatic heterocycles. The quantitative estimate of drug-likeness (QED) is 0.855. The van der Waals surface area contributed by atoms with Gasteiger partial charge in [-0.2, -0.15) is 0 Å². The number of thioether (sulfide) groups is 1. The largest absolute Gasteiger partial charge is 0.478 e. The van der Waals surface area contributed by atoms with Gasteiger partial charge >= 0.3 is 5.97 Å². The summed E-state index contributed by atoms with van der Waals surface area (Å²) in [6, 6.07) is 10.8. The summed E-state index contributed by atoms with van der Waals surface area (Å²) in [4.78, 5) is 26.0. The Morgan fingerprint density at radius 3 is 2.70 bits per heavy atom. The fourth-order valence-corrected chi connectivity index (χ4v) is 3.34. The maximum absolute atomic E-state index is 13.8. The minimum Gasteiger partial charge on any atom is -0.478 e. The van der Waals surface area contributed by atoms with E-state index in [0.717, 1.165) is 4.90 Å². The molecule has 0 spiro atoms. The number of nitrogens with zero attached hydrogens (tertiary/aromatic N) is 1. The number of amides is 1. The van der Waals surface area contributed by atoms with Gasteiger partial charge in [0, 0.05) is 17.5 Å². The molecule has 0 fully saturated rings. The SMILES string of the molecule is CN1C(=O)/C(=C/c2ccccc2F)Sc2ccc(C(=O)O)cc21. The van der Waals surface area contributed by atoms with Crippen LogP contribution in [0.3, 0.4) is 0 Å². The number of hydrogen-bond acceptors (Lipinski definition) is 3. The summed E-state index contributed by atoms with van der Waals surface area (Å²) in [5.41, 5.74) is 0.985. The number of rotatable bonds is 2. The van der Waals surface area contributed by atoms with Crippen LogP contribution >= 0.6 is 11.8 Å². The number of fused-ring (bicyclic) bond motifs is 1. The highest BCUT2D eigenvalue weighted by Crippen LogP contribution is 2.42. The average Bonchev–Trinajstić information content (AvgIpc) is 2.54. The lowest BCUT2D eigenvalue weighted by Gasteiger charge is -2.27. The first-order valence-electron chi connectivity index (χ1n) is 6.77. The molecule has 1 amide bonds. The highest BCUT2D eigenvalue weighted by molar-refractivity contribution is 8.04. The molecule has 2 aromatic rings. The lowest BCUT2D eigenvalue weighted by atomic mass is 10.1. The molecule has 3 rings (SSSR count). The molecule has 0 aliphatic carbocycles. The standard InChI is InChI=1S/C17H12FNO3S/c1-19-13-8-11(17(21)22)6-7-14(13)23-15(16(19)20)9-10-4-2-3-5-12(10)18/h2-9H,1H3,(H,21,22)/b15-9-. The topological polar surface area (TPSA) is 57.6 Å². The van der Waals surface area contributed by atoms with E-state index in [1.807, 2.05) is 0 Å². The van der Waals surface area contributed by atoms with E-state index in [4.69, 9.17) is 5.11 Å². The van der Waals surface area contributed by atoms with Gasteiger partial charge in [0.15, 0.2) is 0 Å².